The number of benzene rings is 2. The molecule has 162 valence electrons. The van der Waals surface area contributed by atoms with Crippen LogP contribution >= 0.6 is 11.6 Å². The summed E-state index contributed by atoms with van der Waals surface area (Å²) in [6.45, 7) is 1.35. The Hall–Kier alpha value is -2.86. The second-order valence-electron chi connectivity index (χ2n) is 7.96. The number of carbonyl (C=O) groups excluding carboxylic acids is 3. The molecular weight excluding hydrogens is 416 g/mol. The van der Waals surface area contributed by atoms with Crippen molar-refractivity contribution in [3.8, 4) is 0 Å². The van der Waals surface area contributed by atoms with Gasteiger partial charge in [-0.1, -0.05) is 29.8 Å². The van der Waals surface area contributed by atoms with Gasteiger partial charge in [-0.25, -0.2) is 0 Å². The highest BCUT2D eigenvalue weighted by atomic mass is 35.5. The van der Waals surface area contributed by atoms with E-state index in [-0.39, 0.29) is 30.3 Å². The Kier molecular flexibility index (Phi) is 6.56. The first-order chi connectivity index (χ1) is 15.0. The van der Waals surface area contributed by atoms with E-state index in [4.69, 9.17) is 16.3 Å². The molecule has 6 nitrogen and oxygen atoms in total. The van der Waals surface area contributed by atoms with Crippen molar-refractivity contribution in [1.82, 2.24) is 4.90 Å². The number of aryl methyl sites for hydroxylation is 1. The SMILES string of the molecule is O=C(OCC(=O)N1CCCc2ccccc21)C1CCN(C(=O)c2ccc(Cl)cc2)CC1. The molecule has 0 aliphatic carbocycles. The summed E-state index contributed by atoms with van der Waals surface area (Å²) in [5, 5.41) is 0.584. The summed E-state index contributed by atoms with van der Waals surface area (Å²) in [5.41, 5.74) is 2.63. The van der Waals surface area contributed by atoms with Gasteiger partial charge >= 0.3 is 5.97 Å². The summed E-state index contributed by atoms with van der Waals surface area (Å²) >= 11 is 5.88. The van der Waals surface area contributed by atoms with Crippen LogP contribution in [-0.2, 0) is 20.7 Å². The van der Waals surface area contributed by atoms with Crippen LogP contribution in [0.15, 0.2) is 48.5 Å². The molecule has 4 rings (SSSR count). The number of fused-ring (bicyclic) bond motifs is 1. The molecule has 2 aromatic rings. The van der Waals surface area contributed by atoms with E-state index >= 15 is 0 Å². The van der Waals surface area contributed by atoms with E-state index in [1.54, 1.807) is 34.1 Å². The highest BCUT2D eigenvalue weighted by molar-refractivity contribution is 6.30. The largest absolute Gasteiger partial charge is 0.455 e. The van der Waals surface area contributed by atoms with Crippen LogP contribution in [-0.4, -0.2) is 48.9 Å². The zero-order chi connectivity index (χ0) is 21.8. The number of esters is 1. The average molecular weight is 441 g/mol. The Morgan fingerprint density at radius 1 is 0.968 bits per heavy atom. The maximum Gasteiger partial charge on any atom is 0.309 e. The van der Waals surface area contributed by atoms with E-state index in [0.717, 1.165) is 24.1 Å². The van der Waals surface area contributed by atoms with E-state index in [1.807, 2.05) is 24.3 Å². The van der Waals surface area contributed by atoms with Crippen LogP contribution in [0.25, 0.3) is 0 Å². The fraction of sp³-hybridized carbons (Fsp3) is 0.375. The maximum absolute atomic E-state index is 12.7. The van der Waals surface area contributed by atoms with Crippen molar-refractivity contribution in [3.05, 3.63) is 64.7 Å². The van der Waals surface area contributed by atoms with Gasteiger partial charge in [-0.15, -0.1) is 0 Å². The van der Waals surface area contributed by atoms with Crippen LogP contribution in [0.5, 0.6) is 0 Å². The lowest BCUT2D eigenvalue weighted by Crippen LogP contribution is -2.42. The smallest absolute Gasteiger partial charge is 0.309 e. The molecule has 0 spiro atoms. The van der Waals surface area contributed by atoms with Crippen LogP contribution in [0.4, 0.5) is 5.69 Å². The van der Waals surface area contributed by atoms with Crippen molar-refractivity contribution in [2.45, 2.75) is 25.7 Å². The molecule has 0 unspecified atom stereocenters. The topological polar surface area (TPSA) is 66.9 Å². The molecule has 2 aliphatic rings. The van der Waals surface area contributed by atoms with Crippen molar-refractivity contribution in [2.75, 3.05) is 31.1 Å². The van der Waals surface area contributed by atoms with Gasteiger partial charge in [0.15, 0.2) is 6.61 Å². The molecule has 2 aromatic carbocycles. The van der Waals surface area contributed by atoms with E-state index in [0.29, 0.717) is 43.1 Å². The lowest BCUT2D eigenvalue weighted by Gasteiger charge is -2.31. The monoisotopic (exact) mass is 440 g/mol. The van der Waals surface area contributed by atoms with E-state index < -0.39 is 0 Å². The van der Waals surface area contributed by atoms with E-state index in [1.165, 1.54) is 0 Å². The average Bonchev–Trinajstić information content (AvgIpc) is 2.82. The van der Waals surface area contributed by atoms with Crippen molar-refractivity contribution >= 4 is 35.1 Å². The lowest BCUT2D eigenvalue weighted by atomic mass is 9.96. The number of amides is 2. The number of halogens is 1. The van der Waals surface area contributed by atoms with Crippen LogP contribution in [0.3, 0.4) is 0 Å². The minimum atomic E-state index is -0.364. The molecule has 0 bridgehead atoms. The third kappa shape index (κ3) is 4.90. The van der Waals surface area contributed by atoms with Gasteiger partial charge in [0, 0.05) is 35.9 Å². The first kappa shape index (κ1) is 21.4. The zero-order valence-electron chi connectivity index (χ0n) is 17.3. The standard InChI is InChI=1S/C24H25ClN2O4/c25-20-9-7-18(8-10-20)23(29)26-14-11-19(12-15-26)24(30)31-16-22(28)27-13-3-5-17-4-1-2-6-21(17)27/h1-2,4,6-10,19H,3,5,11-16H2. The molecule has 0 atom stereocenters. The summed E-state index contributed by atoms with van der Waals surface area (Å²) < 4.78 is 5.36. The molecule has 0 aromatic heterocycles. The summed E-state index contributed by atoms with van der Waals surface area (Å²) in [5.74, 6) is -0.925. The first-order valence-electron chi connectivity index (χ1n) is 10.6. The van der Waals surface area contributed by atoms with Crippen molar-refractivity contribution < 1.29 is 19.1 Å². The molecule has 1 fully saturated rings. The molecule has 0 N–H and O–H groups in total. The molecule has 0 saturated carbocycles. The van der Waals surface area contributed by atoms with Crippen LogP contribution in [0, 0.1) is 5.92 Å². The van der Waals surface area contributed by atoms with Gasteiger partial charge < -0.3 is 14.5 Å². The summed E-state index contributed by atoms with van der Waals surface area (Å²) in [6, 6.07) is 14.6. The number of hydrogen-bond acceptors (Lipinski definition) is 4. The zero-order valence-corrected chi connectivity index (χ0v) is 18.0. The minimum absolute atomic E-state index is 0.0672. The predicted molar refractivity (Wildman–Crippen MR) is 118 cm³/mol. The van der Waals surface area contributed by atoms with E-state index in [2.05, 4.69) is 0 Å². The Morgan fingerprint density at radius 3 is 2.42 bits per heavy atom. The number of hydrogen-bond donors (Lipinski definition) is 0. The summed E-state index contributed by atoms with van der Waals surface area (Å²) in [4.78, 5) is 41.2. The minimum Gasteiger partial charge on any atom is -0.455 e. The Balaban J connectivity index is 1.26. The van der Waals surface area contributed by atoms with Crippen molar-refractivity contribution in [3.63, 3.8) is 0 Å². The van der Waals surface area contributed by atoms with Crippen molar-refractivity contribution in [1.29, 1.82) is 0 Å². The normalized spacial score (nSPS) is 16.5. The second kappa shape index (κ2) is 9.52. The predicted octanol–water partition coefficient (Wildman–Crippen LogP) is 3.71. The highest BCUT2D eigenvalue weighted by Crippen LogP contribution is 2.27. The Morgan fingerprint density at radius 2 is 1.68 bits per heavy atom. The van der Waals surface area contributed by atoms with Gasteiger partial charge in [0.05, 0.1) is 5.92 Å². The quantitative estimate of drug-likeness (QED) is 0.679. The van der Waals surface area contributed by atoms with Gasteiger partial charge in [-0.05, 0) is 61.6 Å². The third-order valence-corrected chi connectivity index (χ3v) is 6.21. The van der Waals surface area contributed by atoms with Gasteiger partial charge in [0.25, 0.3) is 11.8 Å². The van der Waals surface area contributed by atoms with Crippen molar-refractivity contribution in [2.24, 2.45) is 5.92 Å². The first-order valence-corrected chi connectivity index (χ1v) is 11.0. The number of para-hydroxylation sites is 1. The Bertz CT molecular complexity index is 968. The molecule has 2 heterocycles. The number of rotatable bonds is 4. The molecule has 7 heteroatoms. The number of piperidine rings is 1. The molecule has 2 amide bonds. The van der Waals surface area contributed by atoms with Gasteiger partial charge in [-0.2, -0.15) is 0 Å². The molecular formula is C24H25ClN2O4. The number of carbonyl (C=O) groups is 3. The fourth-order valence-corrected chi connectivity index (χ4v) is 4.34. The number of likely N-dealkylation sites (tertiary alicyclic amines) is 1. The summed E-state index contributed by atoms with van der Waals surface area (Å²) in [6.07, 6.45) is 2.90. The number of anilines is 1. The van der Waals surface area contributed by atoms with E-state index in [9.17, 15) is 14.4 Å². The lowest BCUT2D eigenvalue weighted by molar-refractivity contribution is -0.153. The summed E-state index contributed by atoms with van der Waals surface area (Å²) in [7, 11) is 0. The second-order valence-corrected chi connectivity index (χ2v) is 8.40. The molecule has 1 saturated heterocycles. The number of ether oxygens (including phenoxy) is 1. The molecule has 0 radical (unpaired) electrons. The van der Waals surface area contributed by atoms with Gasteiger partial charge in [0.2, 0.25) is 0 Å². The van der Waals surface area contributed by atoms with Crippen LogP contribution in [0.2, 0.25) is 5.02 Å². The fourth-order valence-electron chi connectivity index (χ4n) is 4.21. The van der Waals surface area contributed by atoms with Gasteiger partial charge in [-0.3, -0.25) is 14.4 Å². The van der Waals surface area contributed by atoms with Gasteiger partial charge in [0.1, 0.15) is 0 Å². The number of nitrogens with zero attached hydrogens (tertiary/aromatic N) is 2. The molecule has 31 heavy (non-hydrogen) atoms. The highest BCUT2D eigenvalue weighted by Gasteiger charge is 2.30. The van der Waals surface area contributed by atoms with Crippen LogP contribution in [0.1, 0.15) is 35.2 Å². The maximum atomic E-state index is 12.7. The molecule has 2 aliphatic heterocycles. The third-order valence-electron chi connectivity index (χ3n) is 5.96. The van der Waals surface area contributed by atoms with Crippen LogP contribution < -0.4 is 4.90 Å². The Labute approximate surface area is 186 Å².